The molecule has 0 nitrogen and oxygen atoms in total. The average Bonchev–Trinajstić information content (AvgIpc) is 2.38. The van der Waals surface area contributed by atoms with Gasteiger partial charge in [-0.25, -0.2) is 0 Å². The predicted molar refractivity (Wildman–Crippen MR) is 50.6 cm³/mol. The molecule has 0 heterocycles. The molecule has 1 saturated carbocycles. The molecule has 0 heteroatoms. The molecule has 1 fully saturated rings. The molecule has 0 aromatic heterocycles. The van der Waals surface area contributed by atoms with E-state index in [0.717, 1.165) is 11.8 Å². The van der Waals surface area contributed by atoms with Gasteiger partial charge in [-0.3, -0.25) is 0 Å². The molecule has 0 radical (unpaired) electrons. The molecule has 1 aliphatic rings. The van der Waals surface area contributed by atoms with Gasteiger partial charge in [0.25, 0.3) is 0 Å². The third-order valence-corrected chi connectivity index (χ3v) is 2.85. The van der Waals surface area contributed by atoms with Crippen LogP contribution in [0.4, 0.5) is 0 Å². The van der Waals surface area contributed by atoms with Gasteiger partial charge < -0.3 is 0 Å². The quantitative estimate of drug-likeness (QED) is 0.538. The summed E-state index contributed by atoms with van der Waals surface area (Å²) in [6, 6.07) is 0. The Bertz CT molecular complexity index is 115. The Hall–Kier alpha value is -0.260. The highest BCUT2D eigenvalue weighted by atomic mass is 14.3. The van der Waals surface area contributed by atoms with Crippen LogP contribution in [-0.2, 0) is 0 Å². The standard InChI is InChI=1S/C11H20/c1-3-5-10-7-8-11(9-10)6-4-2/h3,10-11H,1,4-9H2,2H3. The van der Waals surface area contributed by atoms with E-state index in [4.69, 9.17) is 0 Å². The summed E-state index contributed by atoms with van der Waals surface area (Å²) in [5.41, 5.74) is 0. The topological polar surface area (TPSA) is 0 Å². The van der Waals surface area contributed by atoms with E-state index in [1.165, 1.54) is 38.5 Å². The fraction of sp³-hybridized carbons (Fsp3) is 0.818. The van der Waals surface area contributed by atoms with Gasteiger partial charge in [-0.15, -0.1) is 6.58 Å². The Morgan fingerprint density at radius 1 is 1.36 bits per heavy atom. The summed E-state index contributed by atoms with van der Waals surface area (Å²) in [5, 5.41) is 0. The van der Waals surface area contributed by atoms with Crippen LogP contribution in [0.25, 0.3) is 0 Å². The molecular weight excluding hydrogens is 132 g/mol. The van der Waals surface area contributed by atoms with Crippen molar-refractivity contribution in [3.05, 3.63) is 12.7 Å². The maximum atomic E-state index is 3.80. The summed E-state index contributed by atoms with van der Waals surface area (Å²) in [4.78, 5) is 0. The van der Waals surface area contributed by atoms with Gasteiger partial charge >= 0.3 is 0 Å². The first-order valence-corrected chi connectivity index (χ1v) is 4.97. The summed E-state index contributed by atoms with van der Waals surface area (Å²) in [6.45, 7) is 6.09. The van der Waals surface area contributed by atoms with E-state index in [1.54, 1.807) is 0 Å². The Morgan fingerprint density at radius 2 is 2.09 bits per heavy atom. The molecule has 0 aromatic rings. The average molecular weight is 152 g/mol. The van der Waals surface area contributed by atoms with Gasteiger partial charge in [0, 0.05) is 0 Å². The summed E-state index contributed by atoms with van der Waals surface area (Å²) in [6.07, 6.45) is 10.6. The molecule has 0 aliphatic heterocycles. The van der Waals surface area contributed by atoms with Gasteiger partial charge in [-0.2, -0.15) is 0 Å². The van der Waals surface area contributed by atoms with Crippen LogP contribution in [0, 0.1) is 11.8 Å². The summed E-state index contributed by atoms with van der Waals surface area (Å²) in [7, 11) is 0. The first-order valence-electron chi connectivity index (χ1n) is 4.97. The Labute approximate surface area is 70.7 Å². The Kier molecular flexibility index (Phi) is 3.68. The lowest BCUT2D eigenvalue weighted by molar-refractivity contribution is 0.462. The third-order valence-electron chi connectivity index (χ3n) is 2.85. The molecule has 1 rings (SSSR count). The van der Waals surface area contributed by atoms with Gasteiger partial charge in [0.2, 0.25) is 0 Å². The molecule has 64 valence electrons. The third kappa shape index (κ3) is 2.69. The smallest absolute Gasteiger partial charge is 0.0325 e. The van der Waals surface area contributed by atoms with Gasteiger partial charge in [0.1, 0.15) is 0 Å². The Morgan fingerprint density at radius 3 is 2.73 bits per heavy atom. The van der Waals surface area contributed by atoms with Crippen LogP contribution in [0.15, 0.2) is 12.7 Å². The maximum Gasteiger partial charge on any atom is -0.0325 e. The summed E-state index contributed by atoms with van der Waals surface area (Å²) < 4.78 is 0. The minimum Gasteiger partial charge on any atom is -0.103 e. The van der Waals surface area contributed by atoms with Crippen LogP contribution in [0.2, 0.25) is 0 Å². The molecule has 0 bridgehead atoms. The van der Waals surface area contributed by atoms with E-state index < -0.39 is 0 Å². The van der Waals surface area contributed by atoms with Crippen LogP contribution in [0.1, 0.15) is 45.4 Å². The van der Waals surface area contributed by atoms with Crippen LogP contribution in [-0.4, -0.2) is 0 Å². The lowest BCUT2D eigenvalue weighted by atomic mass is 9.99. The van der Waals surface area contributed by atoms with Crippen molar-refractivity contribution in [1.82, 2.24) is 0 Å². The summed E-state index contributed by atoms with van der Waals surface area (Å²) in [5.74, 6) is 2.02. The normalized spacial score (nSPS) is 30.6. The highest BCUT2D eigenvalue weighted by molar-refractivity contribution is 4.80. The molecule has 2 unspecified atom stereocenters. The second-order valence-electron chi connectivity index (χ2n) is 3.86. The molecule has 2 atom stereocenters. The second kappa shape index (κ2) is 4.58. The zero-order valence-electron chi connectivity index (χ0n) is 7.68. The van der Waals surface area contributed by atoms with E-state index in [2.05, 4.69) is 19.6 Å². The first-order chi connectivity index (χ1) is 5.36. The highest BCUT2D eigenvalue weighted by Gasteiger charge is 2.22. The fourth-order valence-corrected chi connectivity index (χ4v) is 2.30. The molecule has 0 aromatic carbocycles. The molecule has 1 aliphatic carbocycles. The lowest BCUT2D eigenvalue weighted by Crippen LogP contribution is -1.94. The second-order valence-corrected chi connectivity index (χ2v) is 3.86. The molecule has 0 saturated heterocycles. The monoisotopic (exact) mass is 152 g/mol. The van der Waals surface area contributed by atoms with Crippen molar-refractivity contribution in [1.29, 1.82) is 0 Å². The van der Waals surface area contributed by atoms with E-state index in [0.29, 0.717) is 0 Å². The van der Waals surface area contributed by atoms with Crippen molar-refractivity contribution >= 4 is 0 Å². The number of allylic oxidation sites excluding steroid dienone is 1. The van der Waals surface area contributed by atoms with E-state index in [1.807, 2.05) is 0 Å². The van der Waals surface area contributed by atoms with Gasteiger partial charge in [-0.1, -0.05) is 32.3 Å². The van der Waals surface area contributed by atoms with Crippen LogP contribution >= 0.6 is 0 Å². The summed E-state index contributed by atoms with van der Waals surface area (Å²) >= 11 is 0. The zero-order valence-corrected chi connectivity index (χ0v) is 7.68. The first kappa shape index (κ1) is 8.83. The highest BCUT2D eigenvalue weighted by Crippen LogP contribution is 2.35. The molecular formula is C11H20. The SMILES string of the molecule is C=CCC1CCC(CCC)C1. The molecule has 11 heavy (non-hydrogen) atoms. The molecule has 0 spiro atoms. The van der Waals surface area contributed by atoms with Gasteiger partial charge in [-0.05, 0) is 31.1 Å². The minimum absolute atomic E-state index is 0.976. The maximum absolute atomic E-state index is 3.80. The van der Waals surface area contributed by atoms with Crippen LogP contribution < -0.4 is 0 Å². The van der Waals surface area contributed by atoms with E-state index in [-0.39, 0.29) is 0 Å². The number of rotatable bonds is 4. The fourth-order valence-electron chi connectivity index (χ4n) is 2.30. The van der Waals surface area contributed by atoms with Crippen molar-refractivity contribution in [2.75, 3.05) is 0 Å². The van der Waals surface area contributed by atoms with Crippen molar-refractivity contribution in [2.45, 2.75) is 45.4 Å². The van der Waals surface area contributed by atoms with Crippen molar-refractivity contribution in [3.8, 4) is 0 Å². The minimum atomic E-state index is 0.976. The zero-order chi connectivity index (χ0) is 8.10. The predicted octanol–water partition coefficient (Wildman–Crippen LogP) is 3.78. The molecule has 0 amide bonds. The Balaban J connectivity index is 2.17. The van der Waals surface area contributed by atoms with Crippen molar-refractivity contribution < 1.29 is 0 Å². The largest absolute Gasteiger partial charge is 0.103 e. The number of hydrogen-bond acceptors (Lipinski definition) is 0. The number of hydrogen-bond donors (Lipinski definition) is 0. The van der Waals surface area contributed by atoms with E-state index >= 15 is 0 Å². The van der Waals surface area contributed by atoms with Gasteiger partial charge in [0.15, 0.2) is 0 Å². The van der Waals surface area contributed by atoms with Crippen LogP contribution in [0.3, 0.4) is 0 Å². The van der Waals surface area contributed by atoms with E-state index in [9.17, 15) is 0 Å². The van der Waals surface area contributed by atoms with Crippen molar-refractivity contribution in [2.24, 2.45) is 11.8 Å². The van der Waals surface area contributed by atoms with Crippen molar-refractivity contribution in [3.63, 3.8) is 0 Å². The van der Waals surface area contributed by atoms with Gasteiger partial charge in [0.05, 0.1) is 0 Å². The lowest BCUT2D eigenvalue weighted by Gasteiger charge is -2.07. The molecule has 0 N–H and O–H groups in total. The van der Waals surface area contributed by atoms with Crippen LogP contribution in [0.5, 0.6) is 0 Å².